The lowest BCUT2D eigenvalue weighted by Gasteiger charge is -2.12. The van der Waals surface area contributed by atoms with Crippen LogP contribution in [0.4, 0.5) is 14.5 Å². The number of fused-ring (bicyclic) bond motifs is 2. The predicted octanol–water partition coefficient (Wildman–Crippen LogP) is 5.41. The van der Waals surface area contributed by atoms with Crippen LogP contribution in [0, 0.1) is 0 Å². The van der Waals surface area contributed by atoms with Crippen LogP contribution in [0.2, 0.25) is 0 Å². The molecule has 1 fully saturated rings. The Morgan fingerprint density at radius 2 is 1.97 bits per heavy atom. The molecule has 4 heterocycles. The topological polar surface area (TPSA) is 116 Å². The van der Waals surface area contributed by atoms with E-state index < -0.39 is 18.2 Å². The Kier molecular flexibility index (Phi) is 5.45. The number of halogens is 2. The van der Waals surface area contributed by atoms with Crippen molar-refractivity contribution in [1.82, 2.24) is 19.7 Å². The number of nitrogens with one attached hydrogen (secondary N) is 1. The first-order chi connectivity index (χ1) is 17.8. The lowest BCUT2D eigenvalue weighted by atomic mass is 10.0. The molecule has 37 heavy (non-hydrogen) atoms. The van der Waals surface area contributed by atoms with E-state index in [4.69, 9.17) is 5.73 Å². The number of alkyl halides is 2. The van der Waals surface area contributed by atoms with Gasteiger partial charge < -0.3 is 11.1 Å². The van der Waals surface area contributed by atoms with Gasteiger partial charge in [0, 0.05) is 29.6 Å². The molecule has 0 aliphatic heterocycles. The SMILES string of the molecule is Cn1cc(-c2cc(C(=O)Nc3c(C(N)=O)sc4nc(C(F)F)cc(C5CC5)c34)c3ccccc3n2)cn1. The first kappa shape index (κ1) is 23.2. The van der Waals surface area contributed by atoms with E-state index in [1.165, 1.54) is 6.07 Å². The van der Waals surface area contributed by atoms with Gasteiger partial charge in [-0.25, -0.2) is 18.7 Å². The molecule has 1 aliphatic carbocycles. The van der Waals surface area contributed by atoms with E-state index in [1.807, 2.05) is 12.1 Å². The molecule has 0 atom stereocenters. The van der Waals surface area contributed by atoms with Crippen LogP contribution in [-0.2, 0) is 7.05 Å². The molecule has 186 valence electrons. The number of carbonyl (C=O) groups excluding carboxylic acids is 2. The Balaban J connectivity index is 1.51. The van der Waals surface area contributed by atoms with Crippen LogP contribution in [0.25, 0.3) is 32.4 Å². The van der Waals surface area contributed by atoms with Crippen LogP contribution in [0.3, 0.4) is 0 Å². The first-order valence-corrected chi connectivity index (χ1v) is 12.4. The van der Waals surface area contributed by atoms with E-state index in [9.17, 15) is 18.4 Å². The maximum atomic E-state index is 13.8. The maximum absolute atomic E-state index is 13.8. The number of thiophene rings is 1. The molecule has 3 N–H and O–H groups in total. The Morgan fingerprint density at radius 3 is 2.65 bits per heavy atom. The average Bonchev–Trinajstić information content (AvgIpc) is 3.53. The van der Waals surface area contributed by atoms with Gasteiger partial charge in [0.15, 0.2) is 0 Å². The highest BCUT2D eigenvalue weighted by molar-refractivity contribution is 7.21. The summed E-state index contributed by atoms with van der Waals surface area (Å²) in [5.41, 5.74) is 8.39. The highest BCUT2D eigenvalue weighted by Gasteiger charge is 2.32. The highest BCUT2D eigenvalue weighted by atomic mass is 32.1. The summed E-state index contributed by atoms with van der Waals surface area (Å²) in [6.07, 6.45) is 2.36. The van der Waals surface area contributed by atoms with Gasteiger partial charge in [0.1, 0.15) is 15.4 Å². The fraction of sp³-hybridized carbons (Fsp3) is 0.192. The summed E-state index contributed by atoms with van der Waals surface area (Å²) in [5.74, 6) is -1.19. The molecule has 8 nitrogen and oxygen atoms in total. The average molecular weight is 519 g/mol. The largest absolute Gasteiger partial charge is 0.365 e. The predicted molar refractivity (Wildman–Crippen MR) is 137 cm³/mol. The number of aromatic nitrogens is 4. The molecule has 5 aromatic rings. The summed E-state index contributed by atoms with van der Waals surface area (Å²) in [7, 11) is 1.79. The fourth-order valence-electron chi connectivity index (χ4n) is 4.51. The van der Waals surface area contributed by atoms with Crippen molar-refractivity contribution < 1.29 is 18.4 Å². The molecular formula is C26H20F2N6O2S. The normalized spacial score (nSPS) is 13.5. The number of carbonyl (C=O) groups is 2. The number of aryl methyl sites for hydroxylation is 1. The molecule has 2 amide bonds. The number of nitrogens with zero attached hydrogens (tertiary/aromatic N) is 4. The zero-order valence-electron chi connectivity index (χ0n) is 19.5. The van der Waals surface area contributed by atoms with Gasteiger partial charge in [-0.1, -0.05) is 18.2 Å². The molecule has 1 saturated carbocycles. The number of benzene rings is 1. The minimum absolute atomic E-state index is 0.0629. The van der Waals surface area contributed by atoms with Gasteiger partial charge in [-0.3, -0.25) is 14.3 Å². The van der Waals surface area contributed by atoms with Crippen LogP contribution < -0.4 is 11.1 Å². The van der Waals surface area contributed by atoms with E-state index in [2.05, 4.69) is 20.4 Å². The standard InChI is InChI=1S/C26H20F2N6O2S/c1-34-11-13(10-30-34)18-9-16(14-4-2-3-5-17(14)31-18)25(36)33-21-20-15(12-6-7-12)8-19(23(27)28)32-26(20)37-22(21)24(29)35/h2-5,8-12,23H,6-7H2,1H3,(H2,29,35)(H,33,36). The van der Waals surface area contributed by atoms with Gasteiger partial charge >= 0.3 is 0 Å². The third-order valence-electron chi connectivity index (χ3n) is 6.38. The van der Waals surface area contributed by atoms with Gasteiger partial charge in [0.25, 0.3) is 18.2 Å². The van der Waals surface area contributed by atoms with E-state index in [0.29, 0.717) is 33.1 Å². The number of rotatable bonds is 6. The number of anilines is 1. The molecule has 4 aromatic heterocycles. The zero-order chi connectivity index (χ0) is 25.8. The number of hydrogen-bond donors (Lipinski definition) is 2. The monoisotopic (exact) mass is 518 g/mol. The summed E-state index contributed by atoms with van der Waals surface area (Å²) in [6, 6.07) is 10.3. The van der Waals surface area contributed by atoms with Crippen molar-refractivity contribution in [2.75, 3.05) is 5.32 Å². The van der Waals surface area contributed by atoms with Crippen LogP contribution >= 0.6 is 11.3 Å². The molecule has 11 heteroatoms. The number of hydrogen-bond acceptors (Lipinski definition) is 6. The summed E-state index contributed by atoms with van der Waals surface area (Å²) < 4.78 is 28.7. The third kappa shape index (κ3) is 4.10. The van der Waals surface area contributed by atoms with Crippen molar-refractivity contribution in [3.63, 3.8) is 0 Å². The van der Waals surface area contributed by atoms with Crippen LogP contribution in [0.5, 0.6) is 0 Å². The van der Waals surface area contributed by atoms with Crippen molar-refractivity contribution >= 4 is 50.0 Å². The van der Waals surface area contributed by atoms with Gasteiger partial charge in [-0.15, -0.1) is 11.3 Å². The van der Waals surface area contributed by atoms with Gasteiger partial charge in [0.05, 0.1) is 28.7 Å². The quantitative estimate of drug-likeness (QED) is 0.312. The van der Waals surface area contributed by atoms with Crippen molar-refractivity contribution in [2.24, 2.45) is 12.8 Å². The molecule has 6 rings (SSSR count). The van der Waals surface area contributed by atoms with Crippen LogP contribution in [0.1, 0.15) is 56.5 Å². The molecule has 0 radical (unpaired) electrons. The number of amides is 2. The number of nitrogens with two attached hydrogens (primary N) is 1. The second-order valence-corrected chi connectivity index (χ2v) is 9.99. The van der Waals surface area contributed by atoms with Crippen molar-refractivity contribution in [2.45, 2.75) is 25.2 Å². The second kappa shape index (κ2) is 8.70. The minimum Gasteiger partial charge on any atom is -0.365 e. The maximum Gasteiger partial charge on any atom is 0.280 e. The number of pyridine rings is 2. The van der Waals surface area contributed by atoms with Gasteiger partial charge in [0.2, 0.25) is 0 Å². The summed E-state index contributed by atoms with van der Waals surface area (Å²) in [5, 5.41) is 8.17. The van der Waals surface area contributed by atoms with Gasteiger partial charge in [-0.2, -0.15) is 5.10 Å². The van der Waals surface area contributed by atoms with Crippen molar-refractivity contribution in [1.29, 1.82) is 0 Å². The Bertz CT molecular complexity index is 1720. The van der Waals surface area contributed by atoms with E-state index in [1.54, 1.807) is 42.3 Å². The first-order valence-electron chi connectivity index (χ1n) is 11.6. The van der Waals surface area contributed by atoms with Gasteiger partial charge in [-0.05, 0) is 42.5 Å². The number of primary amides is 1. The minimum atomic E-state index is -2.76. The molecular weight excluding hydrogens is 498 g/mol. The Labute approximate surface area is 213 Å². The Morgan fingerprint density at radius 1 is 1.19 bits per heavy atom. The molecule has 0 saturated heterocycles. The second-order valence-electron chi connectivity index (χ2n) is 8.99. The summed E-state index contributed by atoms with van der Waals surface area (Å²) in [6.45, 7) is 0. The van der Waals surface area contributed by atoms with E-state index >= 15 is 0 Å². The lowest BCUT2D eigenvalue weighted by Crippen LogP contribution is -2.17. The van der Waals surface area contributed by atoms with Crippen molar-refractivity contribution in [3.8, 4) is 11.3 Å². The zero-order valence-corrected chi connectivity index (χ0v) is 20.4. The van der Waals surface area contributed by atoms with Crippen molar-refractivity contribution in [3.05, 3.63) is 70.5 Å². The van der Waals surface area contributed by atoms with Crippen LogP contribution in [-0.4, -0.2) is 31.6 Å². The summed E-state index contributed by atoms with van der Waals surface area (Å²) in [4.78, 5) is 35.2. The molecule has 1 aromatic carbocycles. The summed E-state index contributed by atoms with van der Waals surface area (Å²) >= 11 is 0.909. The molecule has 0 unspecified atom stereocenters. The highest BCUT2D eigenvalue weighted by Crippen LogP contribution is 2.48. The van der Waals surface area contributed by atoms with Crippen LogP contribution in [0.15, 0.2) is 48.8 Å². The van der Waals surface area contributed by atoms with E-state index in [0.717, 1.165) is 29.7 Å². The smallest absolute Gasteiger partial charge is 0.280 e. The third-order valence-corrected chi connectivity index (χ3v) is 7.48. The molecule has 0 spiro atoms. The lowest BCUT2D eigenvalue weighted by molar-refractivity contribution is 0.100. The fourth-order valence-corrected chi connectivity index (χ4v) is 5.54. The number of para-hydroxylation sites is 1. The molecule has 1 aliphatic rings. The van der Waals surface area contributed by atoms with E-state index in [-0.39, 0.29) is 27.0 Å². The Hall–Kier alpha value is -4.25. The molecule has 0 bridgehead atoms.